The molecule has 1 aliphatic rings. The van der Waals surface area contributed by atoms with Gasteiger partial charge in [0.2, 0.25) is 0 Å². The maximum Gasteiger partial charge on any atom is 0.182 e. The molecular formula is C22H19O3P. The number of aryl methyl sites for hydroxylation is 1. The fourth-order valence-electron chi connectivity index (χ4n) is 3.40. The zero-order valence-electron chi connectivity index (χ0n) is 14.5. The van der Waals surface area contributed by atoms with E-state index in [-0.39, 0.29) is 12.2 Å². The number of fused-ring (bicyclic) bond motifs is 1. The number of carbonyl (C=O) groups excluding carboxylic acids is 1. The number of benzene rings is 3. The first-order valence-corrected chi connectivity index (χ1v) is 10.4. The van der Waals surface area contributed by atoms with E-state index in [0.717, 1.165) is 5.56 Å². The van der Waals surface area contributed by atoms with Gasteiger partial charge in [-0.05, 0) is 24.6 Å². The molecule has 0 aromatic heterocycles. The molecule has 0 spiro atoms. The molecule has 0 saturated heterocycles. The van der Waals surface area contributed by atoms with E-state index in [1.807, 2.05) is 79.7 Å². The average Bonchev–Trinajstić information content (AvgIpc) is 2.68. The monoisotopic (exact) mass is 362 g/mol. The van der Waals surface area contributed by atoms with Crippen LogP contribution in [0.25, 0.3) is 0 Å². The second-order valence-electron chi connectivity index (χ2n) is 6.53. The van der Waals surface area contributed by atoms with Gasteiger partial charge in [-0.15, -0.1) is 0 Å². The van der Waals surface area contributed by atoms with Gasteiger partial charge in [0, 0.05) is 10.6 Å². The smallest absolute Gasteiger partial charge is 0.182 e. The predicted molar refractivity (Wildman–Crippen MR) is 104 cm³/mol. The van der Waals surface area contributed by atoms with Gasteiger partial charge in [-0.25, -0.2) is 0 Å². The molecule has 1 atom stereocenters. The van der Waals surface area contributed by atoms with E-state index in [1.165, 1.54) is 0 Å². The van der Waals surface area contributed by atoms with E-state index >= 15 is 0 Å². The van der Waals surface area contributed by atoms with E-state index in [2.05, 4.69) is 0 Å². The van der Waals surface area contributed by atoms with Crippen molar-refractivity contribution in [3.8, 4) is 5.75 Å². The van der Waals surface area contributed by atoms with Gasteiger partial charge in [0.15, 0.2) is 18.8 Å². The summed E-state index contributed by atoms with van der Waals surface area (Å²) < 4.78 is 20.5. The lowest BCUT2D eigenvalue weighted by Crippen LogP contribution is -2.34. The maximum absolute atomic E-state index is 14.3. The Hall–Kier alpha value is -2.64. The van der Waals surface area contributed by atoms with Crippen LogP contribution in [0.4, 0.5) is 0 Å². The van der Waals surface area contributed by atoms with Gasteiger partial charge in [0.1, 0.15) is 5.75 Å². The molecule has 0 aliphatic carbocycles. The van der Waals surface area contributed by atoms with E-state index in [0.29, 0.717) is 21.9 Å². The highest BCUT2D eigenvalue weighted by atomic mass is 31.2. The fraction of sp³-hybridized carbons (Fsp3) is 0.136. The molecule has 26 heavy (non-hydrogen) atoms. The molecule has 1 aliphatic heterocycles. The Morgan fingerprint density at radius 3 is 2.04 bits per heavy atom. The highest BCUT2D eigenvalue weighted by Crippen LogP contribution is 2.52. The lowest BCUT2D eigenvalue weighted by atomic mass is 10.0. The van der Waals surface area contributed by atoms with Crippen LogP contribution in [0.2, 0.25) is 0 Å². The van der Waals surface area contributed by atoms with Crippen LogP contribution in [-0.2, 0) is 4.57 Å². The SMILES string of the molecule is Cc1ccc2c(c1)OC(P(=O)(c1ccccc1)c1ccccc1)CC2=O. The molecule has 0 radical (unpaired) electrons. The zero-order valence-corrected chi connectivity index (χ0v) is 15.4. The summed E-state index contributed by atoms with van der Waals surface area (Å²) in [4.78, 5) is 12.7. The Morgan fingerprint density at radius 2 is 1.46 bits per heavy atom. The number of hydrogen-bond acceptors (Lipinski definition) is 3. The van der Waals surface area contributed by atoms with Crippen molar-refractivity contribution in [3.05, 3.63) is 90.0 Å². The Kier molecular flexibility index (Phi) is 4.26. The third-order valence-corrected chi connectivity index (χ3v) is 7.98. The lowest BCUT2D eigenvalue weighted by Gasteiger charge is -2.32. The Bertz CT molecular complexity index is 953. The molecule has 0 bridgehead atoms. The summed E-state index contributed by atoms with van der Waals surface area (Å²) in [6.45, 7) is 1.95. The van der Waals surface area contributed by atoms with E-state index in [4.69, 9.17) is 4.74 Å². The Morgan fingerprint density at radius 1 is 0.885 bits per heavy atom. The van der Waals surface area contributed by atoms with E-state index < -0.39 is 13.0 Å². The first-order chi connectivity index (χ1) is 12.6. The molecule has 130 valence electrons. The quantitative estimate of drug-likeness (QED) is 0.653. The highest BCUT2D eigenvalue weighted by molar-refractivity contribution is 7.79. The van der Waals surface area contributed by atoms with Gasteiger partial charge in [-0.3, -0.25) is 4.79 Å². The normalized spacial score (nSPS) is 16.7. The molecule has 4 heteroatoms. The summed E-state index contributed by atoms with van der Waals surface area (Å²) >= 11 is 0. The number of Topliss-reactive ketones (excluding diaryl/α,β-unsaturated/α-hetero) is 1. The molecular weight excluding hydrogens is 343 g/mol. The molecule has 0 amide bonds. The number of carbonyl (C=O) groups is 1. The molecule has 3 nitrogen and oxygen atoms in total. The van der Waals surface area contributed by atoms with Gasteiger partial charge in [-0.2, -0.15) is 0 Å². The molecule has 0 fully saturated rings. The Balaban J connectivity index is 1.86. The number of ether oxygens (including phenoxy) is 1. The van der Waals surface area contributed by atoms with Gasteiger partial charge < -0.3 is 9.30 Å². The predicted octanol–water partition coefficient (Wildman–Crippen LogP) is 4.30. The van der Waals surface area contributed by atoms with Crippen LogP contribution in [0.3, 0.4) is 0 Å². The van der Waals surface area contributed by atoms with E-state index in [9.17, 15) is 9.36 Å². The number of hydrogen-bond donors (Lipinski definition) is 0. The summed E-state index contributed by atoms with van der Waals surface area (Å²) in [6, 6.07) is 24.2. The van der Waals surface area contributed by atoms with E-state index in [1.54, 1.807) is 6.07 Å². The molecule has 1 heterocycles. The van der Waals surface area contributed by atoms with Gasteiger partial charge in [-0.1, -0.05) is 66.7 Å². The second-order valence-corrected chi connectivity index (χ2v) is 9.45. The minimum atomic E-state index is -3.15. The summed E-state index contributed by atoms with van der Waals surface area (Å²) in [5.74, 6) is -0.198. The number of rotatable bonds is 3. The van der Waals surface area contributed by atoms with Crippen LogP contribution >= 0.6 is 7.14 Å². The van der Waals surface area contributed by atoms with Gasteiger partial charge in [0.05, 0.1) is 12.0 Å². The van der Waals surface area contributed by atoms with Crippen molar-refractivity contribution in [1.29, 1.82) is 0 Å². The van der Waals surface area contributed by atoms with Crippen molar-refractivity contribution in [2.45, 2.75) is 19.2 Å². The zero-order chi connectivity index (χ0) is 18.1. The van der Waals surface area contributed by atoms with Crippen LogP contribution < -0.4 is 15.3 Å². The van der Waals surface area contributed by atoms with Crippen LogP contribution in [0, 0.1) is 6.92 Å². The van der Waals surface area contributed by atoms with Crippen LogP contribution in [0.15, 0.2) is 78.9 Å². The van der Waals surface area contributed by atoms with Crippen molar-refractivity contribution >= 4 is 23.5 Å². The third kappa shape index (κ3) is 2.79. The minimum absolute atomic E-state index is 0.0247. The molecule has 0 N–H and O–H groups in total. The molecule has 3 aromatic carbocycles. The van der Waals surface area contributed by atoms with Crippen molar-refractivity contribution in [2.75, 3.05) is 0 Å². The molecule has 0 saturated carbocycles. The third-order valence-electron chi connectivity index (χ3n) is 4.75. The van der Waals surface area contributed by atoms with Crippen molar-refractivity contribution in [1.82, 2.24) is 0 Å². The van der Waals surface area contributed by atoms with Crippen molar-refractivity contribution in [2.24, 2.45) is 0 Å². The summed E-state index contributed by atoms with van der Waals surface area (Å²) in [5, 5.41) is 1.42. The first kappa shape index (κ1) is 16.8. The summed E-state index contributed by atoms with van der Waals surface area (Å²) in [5.41, 5.74) is 1.57. The maximum atomic E-state index is 14.3. The molecule has 4 rings (SSSR count). The van der Waals surface area contributed by atoms with Crippen LogP contribution in [0.1, 0.15) is 22.3 Å². The minimum Gasteiger partial charge on any atom is -0.481 e. The fourth-order valence-corrected chi connectivity index (χ4v) is 6.28. The molecule has 1 unspecified atom stereocenters. The van der Waals surface area contributed by atoms with Gasteiger partial charge in [0.25, 0.3) is 0 Å². The summed E-state index contributed by atoms with van der Waals surface area (Å²) in [7, 11) is -3.15. The lowest BCUT2D eigenvalue weighted by molar-refractivity contribution is 0.0912. The van der Waals surface area contributed by atoms with Crippen LogP contribution in [-0.4, -0.2) is 11.6 Å². The molecule has 3 aromatic rings. The highest BCUT2D eigenvalue weighted by Gasteiger charge is 2.42. The topological polar surface area (TPSA) is 43.4 Å². The average molecular weight is 362 g/mol. The van der Waals surface area contributed by atoms with Crippen molar-refractivity contribution in [3.63, 3.8) is 0 Å². The first-order valence-electron chi connectivity index (χ1n) is 8.60. The largest absolute Gasteiger partial charge is 0.481 e. The number of ketones is 1. The van der Waals surface area contributed by atoms with Crippen molar-refractivity contribution < 1.29 is 14.1 Å². The Labute approximate surface area is 153 Å². The van der Waals surface area contributed by atoms with Gasteiger partial charge >= 0.3 is 0 Å². The standard InChI is InChI=1S/C22H19O3P/c1-16-12-13-19-20(23)15-22(25-21(19)14-16)26(24,17-8-4-2-5-9-17)18-10-6-3-7-11-18/h2-14,22H,15H2,1H3. The van der Waals surface area contributed by atoms with Crippen LogP contribution in [0.5, 0.6) is 5.75 Å². The second kappa shape index (κ2) is 6.59. The summed E-state index contributed by atoms with van der Waals surface area (Å²) in [6.07, 6.45) is 0.108.